The maximum Gasteiger partial charge on any atom is 0.00729 e. The molecule has 2 fully saturated rings. The van der Waals surface area contributed by atoms with Gasteiger partial charge in [-0.25, -0.2) is 0 Å². The van der Waals surface area contributed by atoms with Gasteiger partial charge in [-0.1, -0.05) is 20.3 Å². The average molecular weight is 227 g/mol. The van der Waals surface area contributed by atoms with Crippen molar-refractivity contribution in [3.8, 4) is 0 Å². The van der Waals surface area contributed by atoms with Gasteiger partial charge in [0.2, 0.25) is 0 Å². The molecule has 1 saturated carbocycles. The van der Waals surface area contributed by atoms with Gasteiger partial charge in [-0.05, 0) is 30.6 Å². The van der Waals surface area contributed by atoms with E-state index in [-0.39, 0.29) is 0 Å². The molecule has 0 aromatic rings. The monoisotopic (exact) mass is 227 g/mol. The van der Waals surface area contributed by atoms with Gasteiger partial charge in [-0.2, -0.15) is 11.8 Å². The second-order valence-corrected chi connectivity index (χ2v) is 7.05. The predicted molar refractivity (Wildman–Crippen MR) is 69.5 cm³/mol. The van der Waals surface area contributed by atoms with Gasteiger partial charge in [0.1, 0.15) is 0 Å². The minimum atomic E-state index is 0.756. The fourth-order valence-corrected chi connectivity index (χ4v) is 3.47. The fraction of sp³-hybridized carbons (Fsp3) is 1.00. The zero-order chi connectivity index (χ0) is 10.7. The van der Waals surface area contributed by atoms with Crippen molar-refractivity contribution in [1.29, 1.82) is 0 Å². The summed E-state index contributed by atoms with van der Waals surface area (Å²) in [6.07, 6.45) is 5.92. The largest absolute Gasteiger partial charge is 0.301 e. The van der Waals surface area contributed by atoms with Crippen molar-refractivity contribution in [2.24, 2.45) is 11.3 Å². The Kier molecular flexibility index (Phi) is 4.00. The van der Waals surface area contributed by atoms with Crippen molar-refractivity contribution >= 4 is 11.8 Å². The van der Waals surface area contributed by atoms with Crippen LogP contribution in [0, 0.1) is 11.3 Å². The van der Waals surface area contributed by atoms with Gasteiger partial charge in [0.25, 0.3) is 0 Å². The zero-order valence-corrected chi connectivity index (χ0v) is 11.1. The lowest BCUT2D eigenvalue weighted by Crippen LogP contribution is -2.37. The summed E-state index contributed by atoms with van der Waals surface area (Å²) >= 11 is 2.12. The van der Waals surface area contributed by atoms with Gasteiger partial charge in [0.15, 0.2) is 0 Å². The molecule has 0 unspecified atom stereocenters. The summed E-state index contributed by atoms with van der Waals surface area (Å²) in [5.74, 6) is 3.61. The van der Waals surface area contributed by atoms with Crippen LogP contribution in [-0.2, 0) is 0 Å². The highest BCUT2D eigenvalue weighted by Crippen LogP contribution is 2.50. The minimum Gasteiger partial charge on any atom is -0.301 e. The third-order valence-corrected chi connectivity index (χ3v) is 4.81. The van der Waals surface area contributed by atoms with E-state index >= 15 is 0 Å². The van der Waals surface area contributed by atoms with Crippen LogP contribution in [-0.4, -0.2) is 36.0 Å². The lowest BCUT2D eigenvalue weighted by molar-refractivity contribution is 0.223. The first kappa shape index (κ1) is 11.8. The first-order valence-electron chi connectivity index (χ1n) is 6.50. The lowest BCUT2D eigenvalue weighted by atomic mass is 9.94. The Hall–Kier alpha value is 0.310. The molecule has 0 spiro atoms. The molecule has 2 rings (SSSR count). The van der Waals surface area contributed by atoms with Gasteiger partial charge in [-0.3, -0.25) is 0 Å². The van der Waals surface area contributed by atoms with E-state index in [1.54, 1.807) is 0 Å². The second-order valence-electron chi connectivity index (χ2n) is 5.82. The third-order valence-electron chi connectivity index (χ3n) is 3.87. The predicted octanol–water partition coefficient (Wildman–Crippen LogP) is 3.25. The van der Waals surface area contributed by atoms with Crippen LogP contribution in [0.1, 0.15) is 39.5 Å². The summed E-state index contributed by atoms with van der Waals surface area (Å²) in [6.45, 7) is 8.80. The van der Waals surface area contributed by atoms with Gasteiger partial charge < -0.3 is 4.90 Å². The summed E-state index contributed by atoms with van der Waals surface area (Å²) in [6, 6.07) is 0. The average Bonchev–Trinajstić information content (AvgIpc) is 2.97. The summed E-state index contributed by atoms with van der Waals surface area (Å²) in [5.41, 5.74) is 0.756. The molecule has 1 heterocycles. The Balaban J connectivity index is 1.72. The topological polar surface area (TPSA) is 3.24 Å². The maximum atomic E-state index is 2.71. The van der Waals surface area contributed by atoms with Crippen LogP contribution in [0.15, 0.2) is 0 Å². The van der Waals surface area contributed by atoms with Crippen LogP contribution < -0.4 is 0 Å². The molecule has 0 aromatic heterocycles. The Labute approximate surface area is 99.0 Å². The summed E-state index contributed by atoms with van der Waals surface area (Å²) in [4.78, 5) is 2.71. The van der Waals surface area contributed by atoms with Crippen molar-refractivity contribution in [2.75, 3.05) is 31.1 Å². The Bertz CT molecular complexity index is 193. The van der Waals surface area contributed by atoms with E-state index in [0.29, 0.717) is 0 Å². The number of hydrogen-bond donors (Lipinski definition) is 0. The highest BCUT2D eigenvalue weighted by Gasteiger charge is 2.43. The van der Waals surface area contributed by atoms with Crippen molar-refractivity contribution in [3.05, 3.63) is 0 Å². The highest BCUT2D eigenvalue weighted by atomic mass is 32.2. The lowest BCUT2D eigenvalue weighted by Gasteiger charge is -2.30. The molecule has 2 heteroatoms. The van der Waals surface area contributed by atoms with E-state index in [4.69, 9.17) is 0 Å². The number of nitrogens with zero attached hydrogens (tertiary/aromatic N) is 1. The molecule has 1 aliphatic carbocycles. The first-order chi connectivity index (χ1) is 7.20. The maximum absolute atomic E-state index is 2.71. The van der Waals surface area contributed by atoms with Crippen molar-refractivity contribution in [2.45, 2.75) is 39.5 Å². The van der Waals surface area contributed by atoms with Crippen LogP contribution >= 0.6 is 11.8 Å². The van der Waals surface area contributed by atoms with Crippen LogP contribution in [0.2, 0.25) is 0 Å². The van der Waals surface area contributed by atoms with E-state index in [1.165, 1.54) is 56.8 Å². The molecular weight excluding hydrogens is 202 g/mol. The smallest absolute Gasteiger partial charge is 0.00729 e. The Morgan fingerprint density at radius 3 is 2.40 bits per heavy atom. The van der Waals surface area contributed by atoms with Crippen LogP contribution in [0.3, 0.4) is 0 Å². The quantitative estimate of drug-likeness (QED) is 0.709. The van der Waals surface area contributed by atoms with Crippen LogP contribution in [0.5, 0.6) is 0 Å². The third kappa shape index (κ3) is 3.67. The van der Waals surface area contributed by atoms with Crippen molar-refractivity contribution in [1.82, 2.24) is 4.90 Å². The van der Waals surface area contributed by atoms with E-state index in [1.807, 2.05) is 0 Å². The van der Waals surface area contributed by atoms with Crippen LogP contribution in [0.25, 0.3) is 0 Å². The molecule has 0 aromatic carbocycles. The normalized spacial score (nSPS) is 25.8. The van der Waals surface area contributed by atoms with E-state index in [2.05, 4.69) is 30.5 Å². The zero-order valence-electron chi connectivity index (χ0n) is 10.3. The van der Waals surface area contributed by atoms with E-state index < -0.39 is 0 Å². The summed E-state index contributed by atoms with van der Waals surface area (Å²) in [7, 11) is 0. The second kappa shape index (κ2) is 5.09. The number of hydrogen-bond acceptors (Lipinski definition) is 2. The highest BCUT2D eigenvalue weighted by molar-refractivity contribution is 7.99. The first-order valence-corrected chi connectivity index (χ1v) is 7.66. The summed E-state index contributed by atoms with van der Waals surface area (Å²) in [5, 5.41) is 0. The molecule has 1 nitrogen and oxygen atoms in total. The van der Waals surface area contributed by atoms with Crippen molar-refractivity contribution in [3.63, 3.8) is 0 Å². The number of rotatable bonds is 5. The molecule has 1 saturated heterocycles. The van der Waals surface area contributed by atoms with E-state index in [0.717, 1.165) is 11.3 Å². The van der Waals surface area contributed by atoms with E-state index in [9.17, 15) is 0 Å². The number of thioether (sulfide) groups is 1. The van der Waals surface area contributed by atoms with Gasteiger partial charge in [0, 0.05) is 31.1 Å². The molecule has 0 radical (unpaired) electrons. The fourth-order valence-electron chi connectivity index (χ4n) is 2.49. The molecule has 0 amide bonds. The van der Waals surface area contributed by atoms with Crippen LogP contribution in [0.4, 0.5) is 0 Å². The minimum absolute atomic E-state index is 0.756. The molecule has 15 heavy (non-hydrogen) atoms. The van der Waals surface area contributed by atoms with Gasteiger partial charge >= 0.3 is 0 Å². The Morgan fingerprint density at radius 2 is 1.87 bits per heavy atom. The van der Waals surface area contributed by atoms with Gasteiger partial charge in [0.05, 0.1) is 0 Å². The summed E-state index contributed by atoms with van der Waals surface area (Å²) < 4.78 is 0. The van der Waals surface area contributed by atoms with Gasteiger partial charge in [-0.15, -0.1) is 0 Å². The standard InChI is InChI=1S/C13H25NS/c1-12(2)3-4-13(5-6-13)11-14-7-9-15-10-8-14/h12H,3-11H2,1-2H3. The SMILES string of the molecule is CC(C)CCC1(CN2CCSCC2)CC1. The molecule has 0 atom stereocenters. The molecule has 0 N–H and O–H groups in total. The molecular formula is C13H25NS. The Morgan fingerprint density at radius 1 is 1.20 bits per heavy atom. The molecule has 0 bridgehead atoms. The molecule has 1 aliphatic heterocycles. The molecule has 88 valence electrons. The molecule has 2 aliphatic rings. The van der Waals surface area contributed by atoms with Crippen molar-refractivity contribution < 1.29 is 0 Å².